The fraction of sp³-hybridized carbons (Fsp3) is 0.562. The highest BCUT2D eigenvalue weighted by Crippen LogP contribution is 2.68. The zero-order valence-corrected chi connectivity index (χ0v) is 24.2. The average Bonchev–Trinajstić information content (AvgIpc) is 3.51. The molecule has 0 N–H and O–H groups in total. The van der Waals surface area contributed by atoms with E-state index < -0.39 is 0 Å². The van der Waals surface area contributed by atoms with Crippen molar-refractivity contribution in [1.82, 2.24) is 4.90 Å². The van der Waals surface area contributed by atoms with Crippen molar-refractivity contribution in [2.24, 2.45) is 5.41 Å². The van der Waals surface area contributed by atoms with Gasteiger partial charge in [0.15, 0.2) is 11.5 Å². The Hall–Kier alpha value is -2.12. The fourth-order valence-electron chi connectivity index (χ4n) is 8.25. The van der Waals surface area contributed by atoms with Gasteiger partial charge in [0.2, 0.25) is 0 Å². The van der Waals surface area contributed by atoms with Gasteiger partial charge in [-0.3, -0.25) is 0 Å². The molecular weight excluding hydrogens is 494 g/mol. The summed E-state index contributed by atoms with van der Waals surface area (Å²) in [5.74, 6) is 1.81. The van der Waals surface area contributed by atoms with Crippen molar-refractivity contribution in [3.05, 3.63) is 58.5 Å². The summed E-state index contributed by atoms with van der Waals surface area (Å²) in [5, 5.41) is 1.31. The minimum atomic E-state index is -0.0999. The topological polar surface area (TPSA) is 40.2 Å². The molecule has 1 aliphatic carbocycles. The largest absolute Gasteiger partial charge is 0.493 e. The molecule has 2 bridgehead atoms. The van der Waals surface area contributed by atoms with Crippen LogP contribution in [0, 0.1) is 5.41 Å². The van der Waals surface area contributed by atoms with Gasteiger partial charge < -0.3 is 23.8 Å². The molecule has 0 amide bonds. The molecule has 3 aromatic rings. The lowest BCUT2D eigenvalue weighted by atomic mass is 9.44. The molecule has 1 unspecified atom stereocenters. The summed E-state index contributed by atoms with van der Waals surface area (Å²) in [6.45, 7) is 7.09. The fourth-order valence-corrected chi connectivity index (χ4v) is 9.26. The maximum atomic E-state index is 6.89. The van der Waals surface area contributed by atoms with E-state index in [1.165, 1.54) is 26.1 Å². The standard InChI is InChI=1S/C32H41NO4S/c1-6-31(14-9-17-36-20-24-18-22-10-7-8-11-26(22)38-24)27-19-23-12-13-25(35-5)29-28(23)32(31,15-16-33(27)3)30(37-29)21(2)34-4/h7-8,10-13,18,21,27,30H,6,9,14-17,19-20H2,1-5H3/t21?,27-,30+,31-,32+/m0/s1. The van der Waals surface area contributed by atoms with E-state index in [0.29, 0.717) is 12.6 Å². The number of fused-ring (bicyclic) bond motifs is 2. The van der Waals surface area contributed by atoms with Gasteiger partial charge in [0.1, 0.15) is 6.10 Å². The molecule has 0 radical (unpaired) electrons. The molecule has 6 heteroatoms. The number of hydrogen-bond acceptors (Lipinski definition) is 6. The first-order valence-electron chi connectivity index (χ1n) is 14.1. The summed E-state index contributed by atoms with van der Waals surface area (Å²) in [7, 11) is 5.89. The number of thiophene rings is 1. The Morgan fingerprint density at radius 3 is 2.79 bits per heavy atom. The van der Waals surface area contributed by atoms with E-state index in [4.69, 9.17) is 18.9 Å². The lowest BCUT2D eigenvalue weighted by Crippen LogP contribution is -2.70. The van der Waals surface area contributed by atoms with Gasteiger partial charge in [-0.1, -0.05) is 31.2 Å². The van der Waals surface area contributed by atoms with Crippen molar-refractivity contribution in [2.45, 2.75) is 76.2 Å². The molecule has 38 heavy (non-hydrogen) atoms. The van der Waals surface area contributed by atoms with Crippen LogP contribution < -0.4 is 9.47 Å². The first kappa shape index (κ1) is 26.1. The quantitative estimate of drug-likeness (QED) is 0.274. The minimum absolute atomic E-state index is 0.0164. The van der Waals surface area contributed by atoms with Gasteiger partial charge in [0.05, 0.1) is 19.8 Å². The summed E-state index contributed by atoms with van der Waals surface area (Å²) in [4.78, 5) is 3.92. The minimum Gasteiger partial charge on any atom is -0.493 e. The van der Waals surface area contributed by atoms with E-state index in [0.717, 1.165) is 56.8 Å². The van der Waals surface area contributed by atoms with Gasteiger partial charge in [-0.25, -0.2) is 0 Å². The van der Waals surface area contributed by atoms with Crippen molar-refractivity contribution in [2.75, 3.05) is 34.4 Å². The van der Waals surface area contributed by atoms with E-state index in [-0.39, 0.29) is 23.0 Å². The molecule has 5 atom stereocenters. The lowest BCUT2D eigenvalue weighted by molar-refractivity contribution is -0.129. The summed E-state index contributed by atoms with van der Waals surface area (Å²) < 4.78 is 26.3. The second-order valence-corrected chi connectivity index (χ2v) is 12.6. The van der Waals surface area contributed by atoms with E-state index in [1.807, 2.05) is 18.4 Å². The number of likely N-dealkylation sites (tertiary alicyclic amines) is 1. The molecule has 2 aliphatic heterocycles. The van der Waals surface area contributed by atoms with Crippen molar-refractivity contribution >= 4 is 21.4 Å². The Morgan fingerprint density at radius 2 is 2.03 bits per heavy atom. The van der Waals surface area contributed by atoms with E-state index in [1.54, 1.807) is 7.11 Å². The number of hydrogen-bond donors (Lipinski definition) is 0. The zero-order valence-electron chi connectivity index (χ0n) is 23.4. The van der Waals surface area contributed by atoms with Crippen molar-refractivity contribution in [3.8, 4) is 11.5 Å². The summed E-state index contributed by atoms with van der Waals surface area (Å²) >= 11 is 1.84. The third-order valence-corrected chi connectivity index (χ3v) is 11.1. The molecule has 3 aliphatic rings. The Kier molecular flexibility index (Phi) is 6.96. The molecule has 0 saturated carbocycles. The van der Waals surface area contributed by atoms with Crippen LogP contribution in [0.1, 0.15) is 55.5 Å². The highest BCUT2D eigenvalue weighted by molar-refractivity contribution is 7.19. The van der Waals surface area contributed by atoms with Crippen LogP contribution in [0.3, 0.4) is 0 Å². The summed E-state index contributed by atoms with van der Waals surface area (Å²) in [6.07, 6.45) is 5.32. The molecule has 1 aromatic heterocycles. The maximum absolute atomic E-state index is 6.89. The highest BCUT2D eigenvalue weighted by atomic mass is 32.1. The first-order valence-corrected chi connectivity index (χ1v) is 15.0. The molecule has 1 spiro atoms. The third-order valence-electron chi connectivity index (χ3n) is 10.00. The first-order chi connectivity index (χ1) is 18.5. The Morgan fingerprint density at radius 1 is 1.18 bits per heavy atom. The van der Waals surface area contributed by atoms with Crippen LogP contribution in [0.4, 0.5) is 0 Å². The number of ether oxygens (including phenoxy) is 4. The Labute approximate surface area is 231 Å². The van der Waals surface area contributed by atoms with Crippen molar-refractivity contribution in [3.63, 3.8) is 0 Å². The monoisotopic (exact) mass is 535 g/mol. The van der Waals surface area contributed by atoms with Gasteiger partial charge in [0.25, 0.3) is 0 Å². The number of nitrogens with zero attached hydrogens (tertiary/aromatic N) is 1. The van der Waals surface area contributed by atoms with Crippen LogP contribution in [-0.4, -0.2) is 57.6 Å². The van der Waals surface area contributed by atoms with Gasteiger partial charge >= 0.3 is 0 Å². The number of methoxy groups -OCH3 is 2. The molecular formula is C32H41NO4S. The molecule has 1 fully saturated rings. The van der Waals surface area contributed by atoms with Crippen LogP contribution in [0.5, 0.6) is 11.5 Å². The molecule has 204 valence electrons. The van der Waals surface area contributed by atoms with Gasteiger partial charge in [-0.15, -0.1) is 11.3 Å². The Balaban J connectivity index is 1.30. The van der Waals surface area contributed by atoms with Crippen LogP contribution in [0.25, 0.3) is 10.1 Å². The molecule has 2 aromatic carbocycles. The summed E-state index contributed by atoms with van der Waals surface area (Å²) in [5.41, 5.74) is 2.80. The van der Waals surface area contributed by atoms with Crippen molar-refractivity contribution < 1.29 is 18.9 Å². The number of likely N-dealkylation sites (N-methyl/N-ethyl adjacent to an activating group) is 1. The predicted octanol–water partition coefficient (Wildman–Crippen LogP) is 6.60. The molecule has 5 nitrogen and oxygen atoms in total. The van der Waals surface area contributed by atoms with E-state index in [2.05, 4.69) is 68.3 Å². The third kappa shape index (κ3) is 3.75. The van der Waals surface area contributed by atoms with Crippen molar-refractivity contribution in [1.29, 1.82) is 0 Å². The zero-order chi connectivity index (χ0) is 26.5. The van der Waals surface area contributed by atoms with Crippen LogP contribution in [0.15, 0.2) is 42.5 Å². The molecule has 1 saturated heterocycles. The second-order valence-electron chi connectivity index (χ2n) is 11.4. The summed E-state index contributed by atoms with van der Waals surface area (Å²) in [6, 6.07) is 15.7. The average molecular weight is 536 g/mol. The Bertz CT molecular complexity index is 1270. The lowest BCUT2D eigenvalue weighted by Gasteiger charge is -2.64. The second kappa shape index (κ2) is 10.1. The molecule has 3 heterocycles. The maximum Gasteiger partial charge on any atom is 0.165 e. The van der Waals surface area contributed by atoms with Gasteiger partial charge in [-0.2, -0.15) is 0 Å². The van der Waals surface area contributed by atoms with Crippen LogP contribution in [-0.2, 0) is 27.9 Å². The number of benzene rings is 2. The van der Waals surface area contributed by atoms with Crippen LogP contribution in [0.2, 0.25) is 0 Å². The number of piperidine rings is 1. The normalized spacial score (nSPS) is 28.8. The van der Waals surface area contributed by atoms with Gasteiger partial charge in [-0.05, 0) is 87.2 Å². The predicted molar refractivity (Wildman–Crippen MR) is 154 cm³/mol. The number of rotatable bonds is 10. The SMILES string of the molecule is CC[C@]1(CCCOCc2cc3ccccc3s2)[C@@H]2Cc3ccc(OC)c4c3[C@]1(CCN2C)[C@@H](C(C)OC)O4. The smallest absolute Gasteiger partial charge is 0.165 e. The van der Waals surface area contributed by atoms with E-state index >= 15 is 0 Å². The molecule has 6 rings (SSSR count). The highest BCUT2D eigenvalue weighted by Gasteiger charge is 2.69. The van der Waals surface area contributed by atoms with Crippen LogP contribution >= 0.6 is 11.3 Å². The van der Waals surface area contributed by atoms with Gasteiger partial charge in [0, 0.05) is 40.3 Å². The van der Waals surface area contributed by atoms with E-state index in [9.17, 15) is 0 Å².